The predicted molar refractivity (Wildman–Crippen MR) is 77.6 cm³/mol. The molecule has 1 fully saturated rings. The number of halogens is 5. The number of nitrogens with zero attached hydrogens (tertiary/aromatic N) is 3. The zero-order valence-electron chi connectivity index (χ0n) is 13.2. The Bertz CT molecular complexity index is 679. The standard InChI is InChI=1S/C15H17F5N4O/c16-12(17)11-10-9(22-14(21)23-11)6-24(13(10)25)5-7-2-1-3-8(4-7)15(18,19)20/h7-8,12H,1-6H2,(H2,21,22,23)/t7-,8+/m1/s1. The van der Waals surface area contributed by atoms with Gasteiger partial charge in [-0.2, -0.15) is 13.2 Å². The minimum absolute atomic E-state index is 0.0339. The fraction of sp³-hybridized carbons (Fsp3) is 0.667. The summed E-state index contributed by atoms with van der Waals surface area (Å²) in [6.45, 7) is 0.0537. The van der Waals surface area contributed by atoms with Gasteiger partial charge in [0.25, 0.3) is 12.3 Å². The van der Waals surface area contributed by atoms with Crippen LogP contribution < -0.4 is 5.73 Å². The molecule has 1 saturated carbocycles. The number of carbonyl (C=O) groups is 1. The highest BCUT2D eigenvalue weighted by molar-refractivity contribution is 5.99. The molecule has 0 aromatic carbocycles. The maximum absolute atomic E-state index is 13.1. The number of nitrogens with two attached hydrogens (primary N) is 1. The third-order valence-electron chi connectivity index (χ3n) is 4.80. The van der Waals surface area contributed by atoms with Crippen LogP contribution in [0.25, 0.3) is 0 Å². The van der Waals surface area contributed by atoms with Gasteiger partial charge in [-0.3, -0.25) is 4.79 Å². The summed E-state index contributed by atoms with van der Waals surface area (Å²) in [6, 6.07) is 0. The Morgan fingerprint density at radius 3 is 2.60 bits per heavy atom. The molecule has 2 atom stereocenters. The summed E-state index contributed by atoms with van der Waals surface area (Å²) in [4.78, 5) is 21.0. The number of carbonyl (C=O) groups excluding carboxylic acids is 1. The van der Waals surface area contributed by atoms with E-state index in [-0.39, 0.29) is 49.1 Å². The molecule has 0 bridgehead atoms. The monoisotopic (exact) mass is 364 g/mol. The van der Waals surface area contributed by atoms with E-state index >= 15 is 0 Å². The van der Waals surface area contributed by atoms with Crippen LogP contribution in [0.3, 0.4) is 0 Å². The molecule has 2 aliphatic rings. The summed E-state index contributed by atoms with van der Waals surface area (Å²) in [5.74, 6) is -2.71. The SMILES string of the molecule is Nc1nc2c(c(C(F)F)n1)C(=O)N(C[C@@H]1CCC[C@H](C(F)(F)F)C1)C2. The van der Waals surface area contributed by atoms with Crippen molar-refractivity contribution in [3.63, 3.8) is 0 Å². The average molecular weight is 364 g/mol. The van der Waals surface area contributed by atoms with Crippen LogP contribution in [0.5, 0.6) is 0 Å². The molecule has 138 valence electrons. The minimum Gasteiger partial charge on any atom is -0.368 e. The molecule has 25 heavy (non-hydrogen) atoms. The predicted octanol–water partition coefficient (Wildman–Crippen LogP) is 3.32. The van der Waals surface area contributed by atoms with E-state index in [0.29, 0.717) is 12.8 Å². The first-order valence-corrected chi connectivity index (χ1v) is 7.97. The topological polar surface area (TPSA) is 72.1 Å². The largest absolute Gasteiger partial charge is 0.391 e. The van der Waals surface area contributed by atoms with Gasteiger partial charge in [-0.05, 0) is 25.2 Å². The fourth-order valence-electron chi connectivity index (χ4n) is 3.68. The number of aromatic nitrogens is 2. The van der Waals surface area contributed by atoms with E-state index in [1.807, 2.05) is 0 Å². The first kappa shape index (κ1) is 17.8. The van der Waals surface area contributed by atoms with E-state index in [1.165, 1.54) is 4.90 Å². The minimum atomic E-state index is -4.25. The van der Waals surface area contributed by atoms with E-state index in [2.05, 4.69) is 9.97 Å². The van der Waals surface area contributed by atoms with Crippen molar-refractivity contribution in [2.75, 3.05) is 12.3 Å². The number of hydrogen-bond donors (Lipinski definition) is 1. The normalized spacial score (nSPS) is 24.1. The van der Waals surface area contributed by atoms with Gasteiger partial charge in [-0.15, -0.1) is 0 Å². The Kier molecular flexibility index (Phi) is 4.54. The highest BCUT2D eigenvalue weighted by atomic mass is 19.4. The highest BCUT2D eigenvalue weighted by Gasteiger charge is 2.43. The number of alkyl halides is 5. The Balaban J connectivity index is 1.75. The number of hydrogen-bond acceptors (Lipinski definition) is 4. The molecule has 2 heterocycles. The van der Waals surface area contributed by atoms with Crippen molar-refractivity contribution >= 4 is 11.9 Å². The first-order valence-electron chi connectivity index (χ1n) is 7.97. The number of nitrogen functional groups attached to an aromatic ring is 1. The Morgan fingerprint density at radius 2 is 1.96 bits per heavy atom. The number of anilines is 1. The molecule has 3 rings (SSSR count). The Morgan fingerprint density at radius 1 is 1.24 bits per heavy atom. The molecule has 1 aromatic rings. The maximum atomic E-state index is 13.1. The maximum Gasteiger partial charge on any atom is 0.391 e. The van der Waals surface area contributed by atoms with Crippen molar-refractivity contribution in [3.05, 3.63) is 17.0 Å². The van der Waals surface area contributed by atoms with Crippen LogP contribution >= 0.6 is 0 Å². The van der Waals surface area contributed by atoms with Crippen LogP contribution in [0.4, 0.5) is 27.9 Å². The van der Waals surface area contributed by atoms with E-state index < -0.39 is 30.1 Å². The lowest BCUT2D eigenvalue weighted by Gasteiger charge is -2.32. The van der Waals surface area contributed by atoms with Gasteiger partial charge in [-0.1, -0.05) is 6.42 Å². The van der Waals surface area contributed by atoms with E-state index in [1.54, 1.807) is 0 Å². The first-order chi connectivity index (χ1) is 11.7. The second-order valence-corrected chi connectivity index (χ2v) is 6.55. The third-order valence-corrected chi connectivity index (χ3v) is 4.80. The third kappa shape index (κ3) is 3.52. The van der Waals surface area contributed by atoms with Crippen LogP contribution in [-0.2, 0) is 6.54 Å². The zero-order valence-corrected chi connectivity index (χ0v) is 13.2. The van der Waals surface area contributed by atoms with Crippen LogP contribution in [0.2, 0.25) is 0 Å². The zero-order chi connectivity index (χ0) is 18.4. The lowest BCUT2D eigenvalue weighted by atomic mass is 9.81. The van der Waals surface area contributed by atoms with Gasteiger partial charge >= 0.3 is 6.18 Å². The molecular weight excluding hydrogens is 347 g/mol. The van der Waals surface area contributed by atoms with Gasteiger partial charge in [0.2, 0.25) is 5.95 Å². The van der Waals surface area contributed by atoms with Gasteiger partial charge in [0.1, 0.15) is 5.69 Å². The van der Waals surface area contributed by atoms with Gasteiger partial charge in [-0.25, -0.2) is 18.7 Å². The van der Waals surface area contributed by atoms with Crippen molar-refractivity contribution in [3.8, 4) is 0 Å². The van der Waals surface area contributed by atoms with Crippen molar-refractivity contribution < 1.29 is 26.7 Å². The van der Waals surface area contributed by atoms with Crippen molar-refractivity contribution in [1.29, 1.82) is 0 Å². The molecule has 0 spiro atoms. The van der Waals surface area contributed by atoms with Crippen LogP contribution in [0, 0.1) is 11.8 Å². The highest BCUT2D eigenvalue weighted by Crippen LogP contribution is 2.41. The number of rotatable bonds is 3. The molecule has 0 unspecified atom stereocenters. The van der Waals surface area contributed by atoms with E-state index in [9.17, 15) is 26.7 Å². The number of fused-ring (bicyclic) bond motifs is 1. The molecule has 10 heteroatoms. The summed E-state index contributed by atoms with van der Waals surface area (Å²) in [5, 5.41) is 0. The van der Waals surface area contributed by atoms with Gasteiger partial charge in [0, 0.05) is 6.54 Å². The summed E-state index contributed by atoms with van der Waals surface area (Å²) in [5.41, 5.74) is 4.52. The summed E-state index contributed by atoms with van der Waals surface area (Å²) in [7, 11) is 0. The molecular formula is C15H17F5N4O. The summed E-state index contributed by atoms with van der Waals surface area (Å²) in [6.07, 6.45) is -6.20. The smallest absolute Gasteiger partial charge is 0.368 e. The average Bonchev–Trinajstić information content (AvgIpc) is 2.81. The second kappa shape index (κ2) is 6.38. The molecule has 1 aliphatic carbocycles. The summed E-state index contributed by atoms with van der Waals surface area (Å²) < 4.78 is 64.9. The number of amides is 1. The molecule has 2 N–H and O–H groups in total. The van der Waals surface area contributed by atoms with Crippen LogP contribution in [0.1, 0.15) is 53.9 Å². The van der Waals surface area contributed by atoms with E-state index in [0.717, 1.165) is 0 Å². The lowest BCUT2D eigenvalue weighted by Crippen LogP contribution is -2.35. The molecule has 1 amide bonds. The van der Waals surface area contributed by atoms with Gasteiger partial charge < -0.3 is 10.6 Å². The molecule has 0 saturated heterocycles. The molecule has 1 aromatic heterocycles. The van der Waals surface area contributed by atoms with Crippen molar-refractivity contribution in [1.82, 2.24) is 14.9 Å². The van der Waals surface area contributed by atoms with Gasteiger partial charge in [0.05, 0.1) is 23.7 Å². The molecule has 5 nitrogen and oxygen atoms in total. The molecule has 0 radical (unpaired) electrons. The van der Waals surface area contributed by atoms with Crippen LogP contribution in [0.15, 0.2) is 0 Å². The van der Waals surface area contributed by atoms with Crippen LogP contribution in [-0.4, -0.2) is 33.5 Å². The second-order valence-electron chi connectivity index (χ2n) is 6.55. The Hall–Kier alpha value is -2.00. The lowest BCUT2D eigenvalue weighted by molar-refractivity contribution is -0.186. The molecule has 1 aliphatic heterocycles. The quantitative estimate of drug-likeness (QED) is 0.835. The van der Waals surface area contributed by atoms with Crippen molar-refractivity contribution in [2.45, 2.75) is 44.8 Å². The van der Waals surface area contributed by atoms with Gasteiger partial charge in [0.15, 0.2) is 0 Å². The van der Waals surface area contributed by atoms with E-state index in [4.69, 9.17) is 5.73 Å². The summed E-state index contributed by atoms with van der Waals surface area (Å²) >= 11 is 0. The van der Waals surface area contributed by atoms with Crippen molar-refractivity contribution in [2.24, 2.45) is 11.8 Å². The fourth-order valence-corrected chi connectivity index (χ4v) is 3.68. The Labute approximate surface area is 140 Å².